The Kier molecular flexibility index (Phi) is 4.25. The quantitative estimate of drug-likeness (QED) is 0.809. The van der Waals surface area contributed by atoms with Gasteiger partial charge >= 0.3 is 0 Å². The topological polar surface area (TPSA) is 9.23 Å². The molecule has 0 unspecified atom stereocenters. The molecule has 0 aliphatic rings. The predicted octanol–water partition coefficient (Wildman–Crippen LogP) is 3.72. The Morgan fingerprint density at radius 1 is 1.54 bits per heavy atom. The van der Waals surface area contributed by atoms with Crippen molar-refractivity contribution in [2.75, 3.05) is 6.61 Å². The van der Waals surface area contributed by atoms with E-state index in [1.807, 2.05) is 0 Å². The molecule has 0 saturated carbocycles. The minimum absolute atomic E-state index is 0.325. The van der Waals surface area contributed by atoms with Crippen LogP contribution in [0.3, 0.4) is 0 Å². The highest BCUT2D eigenvalue weighted by Gasteiger charge is 2.01. The van der Waals surface area contributed by atoms with Gasteiger partial charge in [-0.1, -0.05) is 11.6 Å². The molecular weight excluding hydrogens is 258 g/mol. The second-order valence-corrected chi connectivity index (χ2v) is 3.35. The summed E-state index contributed by atoms with van der Waals surface area (Å²) in [5.41, 5.74) is 1.35. The number of ether oxygens (including phenoxy) is 1. The molecule has 0 amide bonds. The van der Waals surface area contributed by atoms with E-state index in [4.69, 9.17) is 16.3 Å². The third kappa shape index (κ3) is 3.36. The average Bonchev–Trinajstić information content (AvgIpc) is 2.11. The lowest BCUT2D eigenvalue weighted by Gasteiger charge is -2.04. The van der Waals surface area contributed by atoms with Crippen molar-refractivity contribution in [1.82, 2.24) is 0 Å². The first-order valence-corrected chi connectivity index (χ1v) is 4.80. The molecule has 0 atom stereocenters. The van der Waals surface area contributed by atoms with E-state index in [0.717, 1.165) is 4.47 Å². The summed E-state index contributed by atoms with van der Waals surface area (Å²) < 4.78 is 18.6. The molecule has 0 aliphatic heterocycles. The van der Waals surface area contributed by atoms with Gasteiger partial charge in [0.25, 0.3) is 0 Å². The zero-order valence-electron chi connectivity index (χ0n) is 6.64. The number of benzene rings is 1. The Labute approximate surface area is 89.3 Å². The van der Waals surface area contributed by atoms with Crippen LogP contribution in [0.25, 0.3) is 0 Å². The Morgan fingerprint density at radius 3 is 3.00 bits per heavy atom. The van der Waals surface area contributed by atoms with Gasteiger partial charge in [-0.15, -0.1) is 0 Å². The highest BCUT2D eigenvalue weighted by molar-refractivity contribution is 9.10. The molecule has 0 aromatic heterocycles. The molecule has 0 bridgehead atoms. The van der Waals surface area contributed by atoms with Crippen LogP contribution in [0.5, 0.6) is 5.75 Å². The molecule has 0 saturated heterocycles. The van der Waals surface area contributed by atoms with Gasteiger partial charge in [0.15, 0.2) is 0 Å². The number of hydrogen-bond donors (Lipinski definition) is 0. The van der Waals surface area contributed by atoms with Crippen molar-refractivity contribution in [3.63, 3.8) is 0 Å². The Balaban J connectivity index is 2.69. The van der Waals surface area contributed by atoms with E-state index < -0.39 is 0 Å². The third-order valence-electron chi connectivity index (χ3n) is 1.32. The molecule has 13 heavy (non-hydrogen) atoms. The molecule has 1 nitrogen and oxygen atoms in total. The van der Waals surface area contributed by atoms with Crippen LogP contribution >= 0.6 is 27.5 Å². The molecule has 0 heterocycles. The lowest BCUT2D eigenvalue weighted by Crippen LogP contribution is -1.94. The van der Waals surface area contributed by atoms with E-state index in [1.165, 1.54) is 17.7 Å². The molecule has 1 rings (SSSR count). The van der Waals surface area contributed by atoms with E-state index in [2.05, 4.69) is 15.9 Å². The number of hydrogen-bond acceptors (Lipinski definition) is 1. The lowest BCUT2D eigenvalue weighted by atomic mass is 10.3. The maximum atomic E-state index is 12.7. The highest BCUT2D eigenvalue weighted by Crippen LogP contribution is 2.25. The summed E-state index contributed by atoms with van der Waals surface area (Å²) in [5, 5.41) is 0. The molecule has 0 N–H and O–H groups in total. The average molecular weight is 266 g/mol. The zero-order valence-corrected chi connectivity index (χ0v) is 8.98. The molecule has 0 spiro atoms. The second-order valence-electron chi connectivity index (χ2n) is 2.25. The summed E-state index contributed by atoms with van der Waals surface area (Å²) in [6.07, 6.45) is 1.62. The van der Waals surface area contributed by atoms with Crippen LogP contribution in [0.4, 0.5) is 4.39 Å². The summed E-state index contributed by atoms with van der Waals surface area (Å²) in [5.74, 6) is 0.141. The van der Waals surface area contributed by atoms with Gasteiger partial charge in [0.05, 0.1) is 4.47 Å². The monoisotopic (exact) mass is 264 g/mol. The summed E-state index contributed by atoms with van der Waals surface area (Å²) in [7, 11) is 0. The highest BCUT2D eigenvalue weighted by atomic mass is 79.9. The van der Waals surface area contributed by atoms with Crippen molar-refractivity contribution >= 4 is 27.5 Å². The second kappa shape index (κ2) is 5.25. The summed E-state index contributed by atoms with van der Waals surface area (Å²) in [6.45, 7) is 0.325. The van der Waals surface area contributed by atoms with Crippen LogP contribution in [0, 0.1) is 5.82 Å². The van der Waals surface area contributed by atoms with Gasteiger partial charge in [-0.2, -0.15) is 0 Å². The van der Waals surface area contributed by atoms with Crippen molar-refractivity contribution in [1.29, 1.82) is 0 Å². The molecule has 0 fully saturated rings. The standard InChI is InChI=1S/C9H7BrClFO/c10-8-3-2-7(12)6-9(8)13-5-1-4-11/h1-4,6H,5H2/b4-1+. The van der Waals surface area contributed by atoms with Crippen LogP contribution in [-0.2, 0) is 0 Å². The largest absolute Gasteiger partial charge is 0.488 e. The van der Waals surface area contributed by atoms with Crippen LogP contribution in [0.2, 0.25) is 0 Å². The van der Waals surface area contributed by atoms with Crippen molar-refractivity contribution in [2.45, 2.75) is 0 Å². The summed E-state index contributed by atoms with van der Waals surface area (Å²) in [4.78, 5) is 0. The fourth-order valence-corrected chi connectivity index (χ4v) is 1.20. The van der Waals surface area contributed by atoms with Gasteiger partial charge < -0.3 is 4.74 Å². The van der Waals surface area contributed by atoms with Gasteiger partial charge in [0, 0.05) is 11.6 Å². The fraction of sp³-hybridized carbons (Fsp3) is 0.111. The lowest BCUT2D eigenvalue weighted by molar-refractivity contribution is 0.358. The zero-order chi connectivity index (χ0) is 9.68. The first-order valence-electron chi connectivity index (χ1n) is 3.57. The SMILES string of the molecule is Fc1ccc(Br)c(OC/C=C/Cl)c1. The number of rotatable bonds is 3. The molecular formula is C9H7BrClFO. The van der Waals surface area contributed by atoms with Gasteiger partial charge in [-0.25, -0.2) is 4.39 Å². The van der Waals surface area contributed by atoms with Gasteiger partial charge in [0.1, 0.15) is 18.2 Å². The molecule has 70 valence electrons. The Bertz CT molecular complexity index is 314. The van der Waals surface area contributed by atoms with Crippen molar-refractivity contribution in [2.24, 2.45) is 0 Å². The summed E-state index contributed by atoms with van der Waals surface area (Å²) >= 11 is 8.53. The minimum Gasteiger partial charge on any atom is -0.488 e. The van der Waals surface area contributed by atoms with Crippen LogP contribution in [0.1, 0.15) is 0 Å². The van der Waals surface area contributed by atoms with Gasteiger partial charge in [-0.05, 0) is 34.1 Å². The predicted molar refractivity (Wildman–Crippen MR) is 54.6 cm³/mol. The first-order chi connectivity index (χ1) is 6.24. The van der Waals surface area contributed by atoms with E-state index >= 15 is 0 Å². The first kappa shape index (κ1) is 10.5. The molecule has 0 aliphatic carbocycles. The summed E-state index contributed by atoms with van der Waals surface area (Å²) in [6, 6.07) is 4.26. The third-order valence-corrected chi connectivity index (χ3v) is 2.15. The van der Waals surface area contributed by atoms with E-state index in [0.29, 0.717) is 12.4 Å². The van der Waals surface area contributed by atoms with Crippen molar-refractivity contribution < 1.29 is 9.13 Å². The molecule has 1 aromatic carbocycles. The molecule has 4 heteroatoms. The van der Waals surface area contributed by atoms with E-state index in [1.54, 1.807) is 12.1 Å². The Morgan fingerprint density at radius 2 is 2.31 bits per heavy atom. The minimum atomic E-state index is -0.326. The normalized spacial score (nSPS) is 10.7. The van der Waals surface area contributed by atoms with Crippen molar-refractivity contribution in [3.8, 4) is 5.75 Å². The maximum Gasteiger partial charge on any atom is 0.136 e. The maximum absolute atomic E-state index is 12.7. The smallest absolute Gasteiger partial charge is 0.136 e. The molecule has 1 aromatic rings. The van der Waals surface area contributed by atoms with E-state index in [-0.39, 0.29) is 5.82 Å². The van der Waals surface area contributed by atoms with Crippen LogP contribution < -0.4 is 4.74 Å². The van der Waals surface area contributed by atoms with Crippen molar-refractivity contribution in [3.05, 3.63) is 40.1 Å². The Hall–Kier alpha value is -0.540. The fourth-order valence-electron chi connectivity index (χ4n) is 0.762. The molecule has 0 radical (unpaired) electrons. The number of halogens is 3. The van der Waals surface area contributed by atoms with E-state index in [9.17, 15) is 4.39 Å². The van der Waals surface area contributed by atoms with Crippen LogP contribution in [0.15, 0.2) is 34.3 Å². The van der Waals surface area contributed by atoms with Gasteiger partial charge in [-0.3, -0.25) is 0 Å². The van der Waals surface area contributed by atoms with Crippen LogP contribution in [-0.4, -0.2) is 6.61 Å². The van der Waals surface area contributed by atoms with Gasteiger partial charge in [0.2, 0.25) is 0 Å².